The van der Waals surface area contributed by atoms with E-state index in [0.717, 1.165) is 10.7 Å². The van der Waals surface area contributed by atoms with Gasteiger partial charge in [0.1, 0.15) is 11.3 Å². The predicted molar refractivity (Wildman–Crippen MR) is 82.8 cm³/mol. The molecular weight excluding hydrogens is 334 g/mol. The molecule has 0 aliphatic heterocycles. The van der Waals surface area contributed by atoms with Crippen LogP contribution in [0.1, 0.15) is 33.8 Å². The van der Waals surface area contributed by atoms with Crippen molar-refractivity contribution in [2.24, 2.45) is 0 Å². The van der Waals surface area contributed by atoms with Gasteiger partial charge in [0, 0.05) is 6.07 Å². The summed E-state index contributed by atoms with van der Waals surface area (Å²) in [5.74, 6) is -1.92. The van der Waals surface area contributed by atoms with Crippen LogP contribution >= 0.6 is 0 Å². The first-order chi connectivity index (χ1) is 11.9. The Morgan fingerprint density at radius 3 is 2.64 bits per heavy atom. The van der Waals surface area contributed by atoms with Crippen LogP contribution in [-0.2, 0) is 4.74 Å². The van der Waals surface area contributed by atoms with Gasteiger partial charge in [-0.2, -0.15) is 4.68 Å². The zero-order chi connectivity index (χ0) is 18.1. The average molecular weight is 347 g/mol. The van der Waals surface area contributed by atoms with Crippen LogP contribution in [0.4, 0.5) is 10.6 Å². The minimum Gasteiger partial charge on any atom is -0.475 e. The van der Waals surface area contributed by atoms with Gasteiger partial charge in [-0.05, 0) is 26.0 Å². The van der Waals surface area contributed by atoms with Crippen molar-refractivity contribution < 1.29 is 33.1 Å². The molecule has 1 amide bonds. The van der Waals surface area contributed by atoms with Gasteiger partial charge in [0.25, 0.3) is 5.91 Å². The van der Waals surface area contributed by atoms with E-state index < -0.39 is 23.7 Å². The molecule has 0 atom stereocenters. The lowest BCUT2D eigenvalue weighted by atomic mass is 10.4. The largest absolute Gasteiger partial charge is 0.475 e. The lowest BCUT2D eigenvalue weighted by Crippen LogP contribution is -2.16. The van der Waals surface area contributed by atoms with Crippen molar-refractivity contribution >= 4 is 34.9 Å². The number of anilines is 1. The van der Waals surface area contributed by atoms with Crippen LogP contribution in [-0.4, -0.2) is 39.5 Å². The van der Waals surface area contributed by atoms with Gasteiger partial charge in [-0.3, -0.25) is 10.1 Å². The molecule has 0 saturated heterocycles. The maximum Gasteiger partial charge on any atom is 0.435 e. The molecule has 0 unspecified atom stereocenters. The zero-order valence-electron chi connectivity index (χ0n) is 13.2. The molecule has 0 fully saturated rings. The summed E-state index contributed by atoms with van der Waals surface area (Å²) in [6.07, 6.45) is -0.834. The minimum atomic E-state index is -1.33. The number of fused-ring (bicyclic) bond motifs is 1. The summed E-state index contributed by atoms with van der Waals surface area (Å²) in [6.45, 7) is 3.38. The molecule has 3 aromatic rings. The lowest BCUT2D eigenvalue weighted by molar-refractivity contribution is 0.0664. The fourth-order valence-corrected chi connectivity index (χ4v) is 2.14. The first-order valence-electron chi connectivity index (χ1n) is 7.21. The Morgan fingerprint density at radius 2 is 2.04 bits per heavy atom. The highest BCUT2D eigenvalue weighted by Gasteiger charge is 2.25. The van der Waals surface area contributed by atoms with Crippen LogP contribution in [0.5, 0.6) is 0 Å². The van der Waals surface area contributed by atoms with Crippen LogP contribution in [0.15, 0.2) is 27.0 Å². The van der Waals surface area contributed by atoms with Crippen molar-refractivity contribution in [3.63, 3.8) is 0 Å². The molecule has 10 nitrogen and oxygen atoms in total. The van der Waals surface area contributed by atoms with E-state index in [9.17, 15) is 14.4 Å². The molecular formula is C15H13N3O7. The van der Waals surface area contributed by atoms with Crippen molar-refractivity contribution in [3.8, 4) is 0 Å². The topological polar surface area (TPSA) is 137 Å². The Labute approximate surface area is 139 Å². The fourth-order valence-electron chi connectivity index (χ4n) is 2.14. The first-order valence-corrected chi connectivity index (χ1v) is 7.21. The molecule has 0 aliphatic carbocycles. The van der Waals surface area contributed by atoms with Gasteiger partial charge < -0.3 is 18.7 Å². The summed E-state index contributed by atoms with van der Waals surface area (Å²) < 4.78 is 16.0. The van der Waals surface area contributed by atoms with Gasteiger partial charge in [-0.25, -0.2) is 9.59 Å². The molecule has 0 aliphatic rings. The number of amides is 1. The third-order valence-electron chi connectivity index (χ3n) is 3.20. The lowest BCUT2D eigenvalue weighted by Gasteiger charge is -2.01. The van der Waals surface area contributed by atoms with Crippen LogP contribution in [0.2, 0.25) is 0 Å². The van der Waals surface area contributed by atoms with Crippen molar-refractivity contribution in [2.45, 2.75) is 13.8 Å². The number of aryl methyl sites for hydroxylation is 1. The maximum absolute atomic E-state index is 12.2. The summed E-state index contributed by atoms with van der Waals surface area (Å²) in [4.78, 5) is 35.2. The van der Waals surface area contributed by atoms with Crippen LogP contribution in [0.3, 0.4) is 0 Å². The third-order valence-corrected chi connectivity index (χ3v) is 3.20. The second kappa shape index (κ2) is 6.15. The van der Waals surface area contributed by atoms with Gasteiger partial charge in [0.15, 0.2) is 17.2 Å². The number of ether oxygens (including phenoxy) is 1. The highest BCUT2D eigenvalue weighted by molar-refractivity contribution is 6.07. The summed E-state index contributed by atoms with van der Waals surface area (Å²) in [5, 5.41) is 15.4. The van der Waals surface area contributed by atoms with Crippen LogP contribution in [0.25, 0.3) is 11.1 Å². The highest BCUT2D eigenvalue weighted by Crippen LogP contribution is 2.27. The standard InChI is InChI=1S/C15H13N3O7/c1-3-23-15(22)18-8-6-10(14(20)21)25-11(8)12(17-18)16-13(19)9-5-4-7(2)24-9/h4-6H,3H2,1-2H3,(H,20,21)(H,16,17,19). The van der Waals surface area contributed by atoms with E-state index in [0.29, 0.717) is 5.76 Å². The molecule has 0 spiro atoms. The van der Waals surface area contributed by atoms with E-state index in [1.54, 1.807) is 19.9 Å². The second-order valence-electron chi connectivity index (χ2n) is 4.95. The Hall–Kier alpha value is -3.56. The maximum atomic E-state index is 12.2. The van der Waals surface area contributed by atoms with Crippen LogP contribution < -0.4 is 5.32 Å². The Morgan fingerprint density at radius 1 is 1.28 bits per heavy atom. The Kier molecular flexibility index (Phi) is 4.01. The molecule has 0 aromatic carbocycles. The monoisotopic (exact) mass is 347 g/mol. The number of nitrogens with one attached hydrogen (secondary N) is 1. The summed E-state index contributed by atoms with van der Waals surface area (Å²) >= 11 is 0. The van der Waals surface area contributed by atoms with E-state index in [1.807, 2.05) is 0 Å². The van der Waals surface area contributed by atoms with E-state index in [1.165, 1.54) is 6.07 Å². The van der Waals surface area contributed by atoms with Gasteiger partial charge >= 0.3 is 12.1 Å². The van der Waals surface area contributed by atoms with Crippen molar-refractivity contribution in [3.05, 3.63) is 35.5 Å². The van der Waals surface area contributed by atoms with Gasteiger partial charge in [0.05, 0.1) is 6.61 Å². The molecule has 2 N–H and O–H groups in total. The summed E-state index contributed by atoms with van der Waals surface area (Å²) in [5.41, 5.74) is -0.0103. The number of hydrogen-bond donors (Lipinski definition) is 2. The number of carboxylic acids is 1. The predicted octanol–water partition coefficient (Wildman–Crippen LogP) is 2.49. The number of hydrogen-bond acceptors (Lipinski definition) is 7. The Balaban J connectivity index is 2.03. The van der Waals surface area contributed by atoms with Crippen molar-refractivity contribution in [1.82, 2.24) is 9.78 Å². The van der Waals surface area contributed by atoms with Crippen molar-refractivity contribution in [1.29, 1.82) is 0 Å². The normalized spacial score (nSPS) is 10.8. The Bertz CT molecular complexity index is 979. The number of nitrogens with zero attached hydrogens (tertiary/aromatic N) is 2. The minimum absolute atomic E-state index is 0.0290. The molecule has 25 heavy (non-hydrogen) atoms. The molecule has 3 aromatic heterocycles. The van der Waals surface area contributed by atoms with E-state index in [-0.39, 0.29) is 29.3 Å². The quantitative estimate of drug-likeness (QED) is 0.734. The number of carbonyl (C=O) groups excluding carboxylic acids is 2. The second-order valence-corrected chi connectivity index (χ2v) is 4.95. The number of furan rings is 2. The van der Waals surface area contributed by atoms with Crippen LogP contribution in [0, 0.1) is 6.92 Å². The smallest absolute Gasteiger partial charge is 0.435 e. The molecule has 3 rings (SSSR count). The molecule has 3 heterocycles. The molecule has 10 heteroatoms. The fraction of sp³-hybridized carbons (Fsp3) is 0.200. The SMILES string of the molecule is CCOC(=O)n1nc(NC(=O)c2ccc(C)o2)c2oc(C(=O)O)cc21. The van der Waals surface area contributed by atoms with E-state index >= 15 is 0 Å². The van der Waals surface area contributed by atoms with Crippen molar-refractivity contribution in [2.75, 3.05) is 11.9 Å². The van der Waals surface area contributed by atoms with Gasteiger partial charge in [-0.15, -0.1) is 5.10 Å². The molecule has 0 saturated carbocycles. The number of aromatic carboxylic acids is 1. The summed E-state index contributed by atoms with van der Waals surface area (Å²) in [6, 6.07) is 4.19. The average Bonchev–Trinajstić information content (AvgIpc) is 3.23. The molecule has 0 radical (unpaired) electrons. The first kappa shape index (κ1) is 16.3. The zero-order valence-corrected chi connectivity index (χ0v) is 13.2. The summed E-state index contributed by atoms with van der Waals surface area (Å²) in [7, 11) is 0. The molecule has 0 bridgehead atoms. The van der Waals surface area contributed by atoms with E-state index in [4.69, 9.17) is 18.7 Å². The highest BCUT2D eigenvalue weighted by atomic mass is 16.6. The number of rotatable bonds is 4. The van der Waals surface area contributed by atoms with Gasteiger partial charge in [-0.1, -0.05) is 0 Å². The number of aromatic nitrogens is 2. The number of carboxylic acid groups (broad SMARTS) is 1. The van der Waals surface area contributed by atoms with E-state index in [2.05, 4.69) is 10.4 Å². The number of carbonyl (C=O) groups is 3. The third kappa shape index (κ3) is 2.96. The van der Waals surface area contributed by atoms with Gasteiger partial charge in [0.2, 0.25) is 5.76 Å². The molecule has 130 valence electrons.